The first kappa shape index (κ1) is 15.7. The van der Waals surface area contributed by atoms with Crippen LogP contribution in [-0.2, 0) is 6.42 Å². The van der Waals surface area contributed by atoms with Crippen LogP contribution in [0.15, 0.2) is 51.9 Å². The molecule has 1 aromatic heterocycles. The van der Waals surface area contributed by atoms with Gasteiger partial charge in [-0.15, -0.1) is 0 Å². The average molecular weight is 296 g/mol. The molecule has 0 amide bonds. The molecule has 2 aromatic rings. The number of anilines is 1. The van der Waals surface area contributed by atoms with Crippen LogP contribution in [0.5, 0.6) is 0 Å². The first-order chi connectivity index (χ1) is 10.7. The number of nitrogens with one attached hydrogen (secondary N) is 2. The third-order valence-corrected chi connectivity index (χ3v) is 2.93. The maximum Gasteiger partial charge on any atom is 0.252 e. The molecule has 0 fully saturated rings. The molecule has 0 unspecified atom stereocenters. The summed E-state index contributed by atoms with van der Waals surface area (Å²) in [7, 11) is 0. The van der Waals surface area contributed by atoms with Crippen LogP contribution in [-0.4, -0.2) is 16.2 Å². The fourth-order valence-electron chi connectivity index (χ4n) is 1.99. The summed E-state index contributed by atoms with van der Waals surface area (Å²) in [6.07, 6.45) is 5.43. The first-order valence-corrected chi connectivity index (χ1v) is 7.30. The van der Waals surface area contributed by atoms with Crippen LogP contribution in [0, 0.1) is 0 Å². The Kier molecular flexibility index (Phi) is 5.65. The minimum atomic E-state index is -0.173. The molecule has 1 heterocycles. The summed E-state index contributed by atoms with van der Waals surface area (Å²) in [6.45, 7) is 4.01. The van der Waals surface area contributed by atoms with E-state index in [9.17, 15) is 4.79 Å². The van der Waals surface area contributed by atoms with Crippen LogP contribution in [0.4, 0.5) is 5.95 Å². The second kappa shape index (κ2) is 7.93. The monoisotopic (exact) mass is 296 g/mol. The van der Waals surface area contributed by atoms with Crippen molar-refractivity contribution in [2.45, 2.75) is 26.7 Å². The molecule has 114 valence electrons. The molecular formula is C17H20N4O. The van der Waals surface area contributed by atoms with Gasteiger partial charge in [0.05, 0.1) is 6.21 Å². The number of hydrogen-bond donors (Lipinski definition) is 2. The second-order valence-electron chi connectivity index (χ2n) is 5.00. The molecule has 5 nitrogen and oxygen atoms in total. The smallest absolute Gasteiger partial charge is 0.252 e. The van der Waals surface area contributed by atoms with E-state index in [-0.39, 0.29) is 5.56 Å². The molecule has 0 atom stereocenters. The van der Waals surface area contributed by atoms with Gasteiger partial charge < -0.3 is 0 Å². The third kappa shape index (κ3) is 5.01. The molecule has 22 heavy (non-hydrogen) atoms. The minimum Gasteiger partial charge on any atom is -0.291 e. The highest BCUT2D eigenvalue weighted by Gasteiger charge is 1.99. The van der Waals surface area contributed by atoms with Gasteiger partial charge in [-0.25, -0.2) is 10.4 Å². The molecule has 0 aliphatic carbocycles. The fraction of sp³-hybridized carbons (Fsp3) is 0.235. The van der Waals surface area contributed by atoms with Crippen molar-refractivity contribution in [3.63, 3.8) is 0 Å². The molecule has 0 aliphatic rings. The number of rotatable bonds is 6. The maximum absolute atomic E-state index is 11.5. The van der Waals surface area contributed by atoms with E-state index in [0.717, 1.165) is 29.7 Å². The number of aromatic amines is 1. The maximum atomic E-state index is 11.5. The van der Waals surface area contributed by atoms with Crippen LogP contribution < -0.4 is 11.0 Å². The SMILES string of the molecule is CCCc1cc(=O)[nH]c(N/N=C/C(C)=C\c2ccccc2)n1. The lowest BCUT2D eigenvalue weighted by molar-refractivity contribution is 0.867. The van der Waals surface area contributed by atoms with Gasteiger partial charge in [0.1, 0.15) is 0 Å². The summed E-state index contributed by atoms with van der Waals surface area (Å²) >= 11 is 0. The Hall–Kier alpha value is -2.69. The lowest BCUT2D eigenvalue weighted by atomic mass is 10.1. The molecule has 5 heteroatoms. The van der Waals surface area contributed by atoms with Gasteiger partial charge >= 0.3 is 0 Å². The normalized spacial score (nSPS) is 11.8. The molecule has 1 aromatic carbocycles. The highest BCUT2D eigenvalue weighted by atomic mass is 16.1. The number of allylic oxidation sites excluding steroid dienone is 1. The topological polar surface area (TPSA) is 70.1 Å². The number of H-pyrrole nitrogens is 1. The van der Waals surface area contributed by atoms with Crippen molar-refractivity contribution in [2.75, 3.05) is 5.43 Å². The van der Waals surface area contributed by atoms with Gasteiger partial charge in [-0.2, -0.15) is 5.10 Å². The highest BCUT2D eigenvalue weighted by Crippen LogP contribution is 2.05. The number of aryl methyl sites for hydroxylation is 1. The zero-order chi connectivity index (χ0) is 15.8. The minimum absolute atomic E-state index is 0.173. The Labute approximate surface area is 129 Å². The van der Waals surface area contributed by atoms with Gasteiger partial charge in [-0.05, 0) is 24.5 Å². The van der Waals surface area contributed by atoms with E-state index in [2.05, 4.69) is 20.5 Å². The van der Waals surface area contributed by atoms with Crippen molar-refractivity contribution in [1.29, 1.82) is 0 Å². The third-order valence-electron chi connectivity index (χ3n) is 2.93. The van der Waals surface area contributed by atoms with Crippen LogP contribution in [0.2, 0.25) is 0 Å². The van der Waals surface area contributed by atoms with E-state index >= 15 is 0 Å². The number of benzene rings is 1. The van der Waals surface area contributed by atoms with Crippen LogP contribution >= 0.6 is 0 Å². The Morgan fingerprint density at radius 1 is 1.36 bits per heavy atom. The Balaban J connectivity index is 2.03. The molecule has 0 saturated heterocycles. The van der Waals surface area contributed by atoms with E-state index in [1.165, 1.54) is 6.07 Å². The molecule has 0 spiro atoms. The fourth-order valence-corrected chi connectivity index (χ4v) is 1.99. The lowest BCUT2D eigenvalue weighted by Gasteiger charge is -2.02. The molecule has 2 N–H and O–H groups in total. The predicted molar refractivity (Wildman–Crippen MR) is 91.1 cm³/mol. The summed E-state index contributed by atoms with van der Waals surface area (Å²) in [6, 6.07) is 11.5. The van der Waals surface area contributed by atoms with Crippen LogP contribution in [0.3, 0.4) is 0 Å². The zero-order valence-corrected chi connectivity index (χ0v) is 12.8. The lowest BCUT2D eigenvalue weighted by Crippen LogP contribution is -2.11. The Morgan fingerprint density at radius 2 is 2.14 bits per heavy atom. The molecule has 0 saturated carbocycles. The van der Waals surface area contributed by atoms with Crippen molar-refractivity contribution in [3.8, 4) is 0 Å². The Morgan fingerprint density at radius 3 is 2.86 bits per heavy atom. The number of aromatic nitrogens is 2. The van der Waals surface area contributed by atoms with Crippen LogP contribution in [0.1, 0.15) is 31.5 Å². The van der Waals surface area contributed by atoms with E-state index < -0.39 is 0 Å². The molecule has 0 bridgehead atoms. The van der Waals surface area contributed by atoms with E-state index in [0.29, 0.717) is 5.95 Å². The average Bonchev–Trinajstić information content (AvgIpc) is 2.48. The van der Waals surface area contributed by atoms with Gasteiger partial charge in [0.2, 0.25) is 5.95 Å². The van der Waals surface area contributed by atoms with Crippen molar-refractivity contribution in [2.24, 2.45) is 5.10 Å². The van der Waals surface area contributed by atoms with E-state index in [1.54, 1.807) is 6.21 Å². The second-order valence-corrected chi connectivity index (χ2v) is 5.00. The van der Waals surface area contributed by atoms with Gasteiger partial charge in [0.25, 0.3) is 5.56 Å². The van der Waals surface area contributed by atoms with Crippen molar-refractivity contribution in [3.05, 3.63) is 63.6 Å². The molecule has 2 rings (SSSR count). The predicted octanol–water partition coefficient (Wildman–Crippen LogP) is 3.22. The summed E-state index contributed by atoms with van der Waals surface area (Å²) in [5, 5.41) is 4.10. The first-order valence-electron chi connectivity index (χ1n) is 7.30. The summed E-state index contributed by atoms with van der Waals surface area (Å²) in [4.78, 5) is 18.4. The molecule has 0 aliphatic heterocycles. The van der Waals surface area contributed by atoms with Crippen molar-refractivity contribution in [1.82, 2.24) is 9.97 Å². The van der Waals surface area contributed by atoms with Gasteiger partial charge in [-0.1, -0.05) is 49.8 Å². The number of nitrogens with zero attached hydrogens (tertiary/aromatic N) is 2. The number of hydrazone groups is 1. The summed E-state index contributed by atoms with van der Waals surface area (Å²) in [5.41, 5.74) is 5.46. The summed E-state index contributed by atoms with van der Waals surface area (Å²) in [5.74, 6) is 0.361. The van der Waals surface area contributed by atoms with Crippen molar-refractivity contribution < 1.29 is 0 Å². The summed E-state index contributed by atoms with van der Waals surface area (Å²) < 4.78 is 0. The Bertz CT molecular complexity index is 717. The van der Waals surface area contributed by atoms with Gasteiger partial charge in [0.15, 0.2) is 0 Å². The van der Waals surface area contributed by atoms with Gasteiger partial charge in [0, 0.05) is 11.8 Å². The molecule has 0 radical (unpaired) electrons. The quantitative estimate of drug-likeness (QED) is 0.635. The largest absolute Gasteiger partial charge is 0.291 e. The van der Waals surface area contributed by atoms with Crippen LogP contribution in [0.25, 0.3) is 6.08 Å². The van der Waals surface area contributed by atoms with Crippen molar-refractivity contribution >= 4 is 18.2 Å². The van der Waals surface area contributed by atoms with Gasteiger partial charge in [-0.3, -0.25) is 9.78 Å². The highest BCUT2D eigenvalue weighted by molar-refractivity contribution is 5.85. The van der Waals surface area contributed by atoms with E-state index in [1.807, 2.05) is 50.3 Å². The zero-order valence-electron chi connectivity index (χ0n) is 12.8. The van der Waals surface area contributed by atoms with E-state index in [4.69, 9.17) is 0 Å². The number of hydrogen-bond acceptors (Lipinski definition) is 4. The molecular weight excluding hydrogens is 276 g/mol. The standard InChI is InChI=1S/C17H20N4O/c1-3-7-15-11-16(22)20-17(19-15)21-18-12-13(2)10-14-8-5-4-6-9-14/h4-6,8-12H,3,7H2,1-2H3,(H2,19,20,21,22)/b13-10-,18-12+.